The topological polar surface area (TPSA) is 58.6 Å². The third-order valence-corrected chi connectivity index (χ3v) is 9.07. The molecular formula is C32H36ClNO3. The number of para-hydroxylation sites is 1. The van der Waals surface area contributed by atoms with Crippen LogP contribution in [0.4, 0.5) is 5.69 Å². The third kappa shape index (κ3) is 5.22. The van der Waals surface area contributed by atoms with Gasteiger partial charge in [0.2, 0.25) is 0 Å². The molecule has 2 aliphatic carbocycles. The van der Waals surface area contributed by atoms with Gasteiger partial charge in [-0.3, -0.25) is 0 Å². The summed E-state index contributed by atoms with van der Waals surface area (Å²) in [5.74, 6) is 1.06. The minimum Gasteiger partial charge on any atom is -0.493 e. The van der Waals surface area contributed by atoms with Gasteiger partial charge in [-0.1, -0.05) is 73.5 Å². The number of carbonyl (C=O) groups is 1. The molecule has 2 aliphatic rings. The number of nitrogens with one attached hydrogen (secondary N) is 1. The Balaban J connectivity index is 1.36. The van der Waals surface area contributed by atoms with Crippen LogP contribution in [-0.4, -0.2) is 23.2 Å². The summed E-state index contributed by atoms with van der Waals surface area (Å²) in [6.45, 7) is 2.96. The highest BCUT2D eigenvalue weighted by Gasteiger charge is 2.54. The van der Waals surface area contributed by atoms with Gasteiger partial charge in [0.25, 0.3) is 0 Å². The number of ether oxygens (including phenoxy) is 1. The monoisotopic (exact) mass is 517 g/mol. The van der Waals surface area contributed by atoms with Crippen LogP contribution in [-0.2, 0) is 16.6 Å². The quantitative estimate of drug-likeness (QED) is 0.304. The van der Waals surface area contributed by atoms with E-state index in [4.69, 9.17) is 16.3 Å². The van der Waals surface area contributed by atoms with Gasteiger partial charge in [-0.05, 0) is 97.2 Å². The molecule has 0 saturated heterocycles. The molecule has 3 aromatic rings. The fourth-order valence-corrected chi connectivity index (χ4v) is 6.89. The number of aliphatic carboxylic acids is 1. The van der Waals surface area contributed by atoms with E-state index in [-0.39, 0.29) is 5.41 Å². The molecule has 0 aromatic heterocycles. The molecule has 1 fully saturated rings. The first-order valence-corrected chi connectivity index (χ1v) is 13.9. The van der Waals surface area contributed by atoms with E-state index in [1.165, 1.54) is 11.1 Å². The fraction of sp³-hybridized carbons (Fsp3) is 0.406. The Morgan fingerprint density at radius 3 is 2.46 bits per heavy atom. The number of rotatable bonds is 9. The van der Waals surface area contributed by atoms with E-state index in [0.717, 1.165) is 43.5 Å². The Kier molecular flexibility index (Phi) is 7.48. The number of halogens is 1. The van der Waals surface area contributed by atoms with Gasteiger partial charge >= 0.3 is 5.97 Å². The van der Waals surface area contributed by atoms with Gasteiger partial charge in [0.05, 0.1) is 6.61 Å². The van der Waals surface area contributed by atoms with Crippen molar-refractivity contribution in [1.29, 1.82) is 0 Å². The Bertz CT molecular complexity index is 1220. The number of carboxylic acids is 1. The van der Waals surface area contributed by atoms with Gasteiger partial charge in [-0.15, -0.1) is 0 Å². The van der Waals surface area contributed by atoms with Crippen molar-refractivity contribution in [2.24, 2.45) is 11.8 Å². The summed E-state index contributed by atoms with van der Waals surface area (Å²) >= 11 is 6.19. The van der Waals surface area contributed by atoms with E-state index in [0.29, 0.717) is 36.3 Å². The minimum atomic E-state index is -0.988. The predicted molar refractivity (Wildman–Crippen MR) is 150 cm³/mol. The van der Waals surface area contributed by atoms with Crippen molar-refractivity contribution in [3.63, 3.8) is 0 Å². The zero-order chi connectivity index (χ0) is 25.9. The summed E-state index contributed by atoms with van der Waals surface area (Å²) in [5.41, 5.74) is 2.64. The van der Waals surface area contributed by atoms with Gasteiger partial charge in [-0.25, -0.2) is 4.79 Å². The van der Waals surface area contributed by atoms with Crippen LogP contribution in [0.1, 0.15) is 56.6 Å². The molecule has 0 heterocycles. The van der Waals surface area contributed by atoms with Crippen molar-refractivity contribution < 1.29 is 14.6 Å². The molecule has 0 bridgehead atoms. The lowest BCUT2D eigenvalue weighted by molar-refractivity contribution is -0.144. The highest BCUT2D eigenvalue weighted by atomic mass is 35.5. The summed E-state index contributed by atoms with van der Waals surface area (Å²) in [5, 5.41) is 14.3. The first kappa shape index (κ1) is 25.7. The first-order chi connectivity index (χ1) is 17.9. The zero-order valence-electron chi connectivity index (χ0n) is 21.5. The molecule has 2 atom stereocenters. The van der Waals surface area contributed by atoms with E-state index >= 15 is 0 Å². The Morgan fingerprint density at radius 1 is 1.03 bits per heavy atom. The number of anilines is 1. The second kappa shape index (κ2) is 10.8. The highest BCUT2D eigenvalue weighted by Crippen LogP contribution is 2.56. The number of benzene rings is 3. The van der Waals surface area contributed by atoms with Crippen molar-refractivity contribution >= 4 is 23.3 Å². The number of hydrogen-bond acceptors (Lipinski definition) is 3. The molecule has 1 saturated carbocycles. The smallest absolute Gasteiger partial charge is 0.329 e. The molecule has 0 aliphatic heterocycles. The molecule has 0 radical (unpaired) electrons. The molecule has 0 amide bonds. The van der Waals surface area contributed by atoms with Crippen LogP contribution in [0.2, 0.25) is 5.02 Å². The van der Waals surface area contributed by atoms with E-state index in [2.05, 4.69) is 36.5 Å². The average Bonchev–Trinajstić information content (AvgIpc) is 3.21. The van der Waals surface area contributed by atoms with Gasteiger partial charge in [0.15, 0.2) is 0 Å². The van der Waals surface area contributed by atoms with Gasteiger partial charge in [0.1, 0.15) is 11.3 Å². The fourth-order valence-electron chi connectivity index (χ4n) is 6.69. The largest absolute Gasteiger partial charge is 0.493 e. The lowest BCUT2D eigenvalue weighted by atomic mass is 9.59. The van der Waals surface area contributed by atoms with Gasteiger partial charge < -0.3 is 15.2 Å². The molecule has 194 valence electrons. The van der Waals surface area contributed by atoms with Crippen LogP contribution in [0.3, 0.4) is 0 Å². The second-order valence-electron chi connectivity index (χ2n) is 10.9. The molecule has 37 heavy (non-hydrogen) atoms. The Hall–Kier alpha value is -2.98. The maximum atomic E-state index is 12.6. The SMILES string of the molecule is CC[C@H](COc1ccccc1)CC1Cc2ccccc2C12CCC(Nc1cccc(Cl)c1)(C(=O)O)CC2. The van der Waals surface area contributed by atoms with Crippen molar-refractivity contribution in [3.05, 3.63) is 95.0 Å². The maximum Gasteiger partial charge on any atom is 0.329 e. The van der Waals surface area contributed by atoms with Crippen molar-refractivity contribution in [1.82, 2.24) is 0 Å². The maximum absolute atomic E-state index is 12.6. The van der Waals surface area contributed by atoms with E-state index in [1.807, 2.05) is 54.6 Å². The normalized spacial score (nSPS) is 25.4. The van der Waals surface area contributed by atoms with Crippen LogP contribution < -0.4 is 10.1 Å². The lowest BCUT2D eigenvalue weighted by Crippen LogP contribution is -2.53. The standard InChI is InChI=1S/C32H36ClNO3/c1-2-23(22-37-28-12-4-3-5-13-28)19-25-20-24-9-6-7-14-29(24)31(25)15-17-32(18-16-31,30(35)36)34-27-11-8-10-26(33)21-27/h3-14,21,23,25,34H,2,15-20,22H2,1H3,(H,35,36)/t23-,25?,31?,32?/m0/s1. The van der Waals surface area contributed by atoms with E-state index in [9.17, 15) is 9.90 Å². The van der Waals surface area contributed by atoms with E-state index < -0.39 is 11.5 Å². The summed E-state index contributed by atoms with van der Waals surface area (Å²) < 4.78 is 6.16. The van der Waals surface area contributed by atoms with Crippen LogP contribution in [0.15, 0.2) is 78.9 Å². The number of hydrogen-bond donors (Lipinski definition) is 2. The zero-order valence-corrected chi connectivity index (χ0v) is 22.2. The van der Waals surface area contributed by atoms with E-state index in [1.54, 1.807) is 0 Å². The average molecular weight is 518 g/mol. The molecule has 5 rings (SSSR count). The minimum absolute atomic E-state index is 0.00568. The highest BCUT2D eigenvalue weighted by molar-refractivity contribution is 6.30. The van der Waals surface area contributed by atoms with Crippen LogP contribution >= 0.6 is 11.6 Å². The Morgan fingerprint density at radius 2 is 1.76 bits per heavy atom. The van der Waals surface area contributed by atoms with Gasteiger partial charge in [0, 0.05) is 10.7 Å². The molecular weight excluding hydrogens is 482 g/mol. The Labute approximate surface area is 225 Å². The molecule has 1 spiro atoms. The van der Waals surface area contributed by atoms with Crippen LogP contribution in [0.5, 0.6) is 5.75 Å². The number of fused-ring (bicyclic) bond motifs is 2. The molecule has 5 heteroatoms. The number of carboxylic acid groups (broad SMARTS) is 1. The summed E-state index contributed by atoms with van der Waals surface area (Å²) in [7, 11) is 0. The van der Waals surface area contributed by atoms with Crippen molar-refractivity contribution in [3.8, 4) is 5.75 Å². The summed E-state index contributed by atoms with van der Waals surface area (Å²) in [6.07, 6.45) is 6.06. The summed E-state index contributed by atoms with van der Waals surface area (Å²) in [6, 6.07) is 26.2. The third-order valence-electron chi connectivity index (χ3n) is 8.84. The molecule has 2 N–H and O–H groups in total. The van der Waals surface area contributed by atoms with Crippen LogP contribution in [0.25, 0.3) is 0 Å². The van der Waals surface area contributed by atoms with Crippen LogP contribution in [0, 0.1) is 11.8 Å². The molecule has 1 unspecified atom stereocenters. The van der Waals surface area contributed by atoms with Crippen molar-refractivity contribution in [2.75, 3.05) is 11.9 Å². The first-order valence-electron chi connectivity index (χ1n) is 13.5. The molecule has 4 nitrogen and oxygen atoms in total. The second-order valence-corrected chi connectivity index (χ2v) is 11.3. The van der Waals surface area contributed by atoms with Crippen molar-refractivity contribution in [2.45, 2.75) is 62.8 Å². The summed E-state index contributed by atoms with van der Waals surface area (Å²) in [4.78, 5) is 12.6. The predicted octanol–water partition coefficient (Wildman–Crippen LogP) is 7.75. The molecule has 3 aromatic carbocycles. The van der Waals surface area contributed by atoms with Gasteiger partial charge in [-0.2, -0.15) is 0 Å². The lowest BCUT2D eigenvalue weighted by Gasteiger charge is -2.47.